The van der Waals surface area contributed by atoms with Crippen molar-refractivity contribution in [2.75, 3.05) is 5.88 Å². The van der Waals surface area contributed by atoms with Gasteiger partial charge in [-0.3, -0.25) is 10.1 Å². The van der Waals surface area contributed by atoms with Gasteiger partial charge in [0.15, 0.2) is 0 Å². The van der Waals surface area contributed by atoms with Crippen molar-refractivity contribution >= 4 is 28.3 Å². The van der Waals surface area contributed by atoms with Gasteiger partial charge in [-0.1, -0.05) is 11.8 Å². The number of hydrogen-bond donors (Lipinski definition) is 1. The van der Waals surface area contributed by atoms with Gasteiger partial charge in [0.1, 0.15) is 5.65 Å². The Morgan fingerprint density at radius 2 is 2.44 bits per heavy atom. The topological polar surface area (TPSA) is 71.8 Å². The molecule has 0 saturated carbocycles. The highest BCUT2D eigenvalue weighted by Crippen LogP contribution is 2.23. The van der Waals surface area contributed by atoms with E-state index in [0.29, 0.717) is 16.6 Å². The van der Waals surface area contributed by atoms with Gasteiger partial charge in [-0.15, -0.1) is 11.6 Å². The summed E-state index contributed by atoms with van der Waals surface area (Å²) in [5.41, 5.74) is 1.08. The summed E-state index contributed by atoms with van der Waals surface area (Å²) in [7, 11) is 0. The average molecular weight is 236 g/mol. The Labute approximate surface area is 95.6 Å². The van der Waals surface area contributed by atoms with Gasteiger partial charge in [0, 0.05) is 11.8 Å². The molecule has 0 aliphatic carbocycles. The third-order valence-corrected chi connectivity index (χ3v) is 2.14. The van der Waals surface area contributed by atoms with Crippen LogP contribution in [0.15, 0.2) is 18.5 Å². The molecule has 0 radical (unpaired) electrons. The molecule has 0 aliphatic rings. The molecule has 6 heteroatoms. The third kappa shape index (κ3) is 1.83. The van der Waals surface area contributed by atoms with Gasteiger partial charge in [0.05, 0.1) is 22.4 Å². The number of hydrogen-bond acceptors (Lipinski definition) is 3. The van der Waals surface area contributed by atoms with E-state index in [4.69, 9.17) is 11.6 Å². The number of nitrogens with zero attached hydrogens (tertiary/aromatic N) is 2. The lowest BCUT2D eigenvalue weighted by atomic mass is 10.2. The van der Waals surface area contributed by atoms with Gasteiger partial charge < -0.3 is 4.98 Å². The Kier molecular flexibility index (Phi) is 2.75. The standard InChI is InChI=1S/C10H6ClN3O2/c11-3-1-2-7-4-8-9(14(15)16)6-13-10(8)12-5-7/h4-6H,3H2,(H,12,13). The first kappa shape index (κ1) is 10.5. The minimum Gasteiger partial charge on any atom is -0.340 e. The van der Waals surface area contributed by atoms with E-state index >= 15 is 0 Å². The summed E-state index contributed by atoms with van der Waals surface area (Å²) in [5.74, 6) is 5.64. The van der Waals surface area contributed by atoms with Crippen molar-refractivity contribution in [3.63, 3.8) is 0 Å². The fraction of sp³-hybridized carbons (Fsp3) is 0.100. The number of rotatable bonds is 1. The number of fused-ring (bicyclic) bond motifs is 1. The van der Waals surface area contributed by atoms with Crippen LogP contribution in [0, 0.1) is 22.0 Å². The lowest BCUT2D eigenvalue weighted by Crippen LogP contribution is -1.86. The van der Waals surface area contributed by atoms with Crippen molar-refractivity contribution < 1.29 is 4.92 Å². The molecule has 5 nitrogen and oxygen atoms in total. The monoisotopic (exact) mass is 235 g/mol. The van der Waals surface area contributed by atoms with Crippen LogP contribution in [0.25, 0.3) is 11.0 Å². The molecule has 0 bridgehead atoms. The molecule has 0 fully saturated rings. The Morgan fingerprint density at radius 1 is 1.62 bits per heavy atom. The van der Waals surface area contributed by atoms with Gasteiger partial charge in [-0.2, -0.15) is 0 Å². The van der Waals surface area contributed by atoms with Gasteiger partial charge in [-0.05, 0) is 6.07 Å². The second kappa shape index (κ2) is 4.21. The minimum absolute atomic E-state index is 0.00276. The number of aromatic nitrogens is 2. The zero-order chi connectivity index (χ0) is 11.5. The van der Waals surface area contributed by atoms with E-state index < -0.39 is 4.92 Å². The lowest BCUT2D eigenvalue weighted by molar-refractivity contribution is -0.383. The van der Waals surface area contributed by atoms with Gasteiger partial charge in [0.2, 0.25) is 0 Å². The maximum atomic E-state index is 10.7. The number of H-pyrrole nitrogens is 1. The largest absolute Gasteiger partial charge is 0.340 e. The van der Waals surface area contributed by atoms with Gasteiger partial charge in [0.25, 0.3) is 5.69 Å². The van der Waals surface area contributed by atoms with Crippen LogP contribution in [0.4, 0.5) is 5.69 Å². The molecule has 0 saturated heterocycles. The summed E-state index contributed by atoms with van der Waals surface area (Å²) in [4.78, 5) is 17.0. The summed E-state index contributed by atoms with van der Waals surface area (Å²) < 4.78 is 0. The Hall–Kier alpha value is -2.06. The van der Waals surface area contributed by atoms with Gasteiger partial charge in [-0.25, -0.2) is 4.98 Å². The van der Waals surface area contributed by atoms with Crippen LogP contribution in [-0.4, -0.2) is 20.8 Å². The number of nitrogens with one attached hydrogen (secondary N) is 1. The van der Waals surface area contributed by atoms with Crippen molar-refractivity contribution in [2.24, 2.45) is 0 Å². The maximum Gasteiger partial charge on any atom is 0.296 e. The zero-order valence-corrected chi connectivity index (χ0v) is 8.78. The first-order chi connectivity index (χ1) is 7.72. The highest BCUT2D eigenvalue weighted by atomic mass is 35.5. The van der Waals surface area contributed by atoms with E-state index in [2.05, 4.69) is 21.8 Å². The molecular weight excluding hydrogens is 230 g/mol. The van der Waals surface area contributed by atoms with E-state index in [0.717, 1.165) is 0 Å². The highest BCUT2D eigenvalue weighted by Gasteiger charge is 2.14. The van der Waals surface area contributed by atoms with Crippen LogP contribution in [0.3, 0.4) is 0 Å². The van der Waals surface area contributed by atoms with Crippen LogP contribution in [0.2, 0.25) is 0 Å². The Morgan fingerprint density at radius 3 is 3.12 bits per heavy atom. The van der Waals surface area contributed by atoms with Crippen molar-refractivity contribution in [2.45, 2.75) is 0 Å². The maximum absolute atomic E-state index is 10.7. The van der Waals surface area contributed by atoms with Crippen LogP contribution >= 0.6 is 11.6 Å². The SMILES string of the molecule is O=[N+]([O-])c1c[nH]c2ncc(C#CCCl)cc12. The van der Waals surface area contributed by atoms with E-state index in [-0.39, 0.29) is 11.6 Å². The number of aromatic amines is 1. The third-order valence-electron chi connectivity index (χ3n) is 2.01. The summed E-state index contributed by atoms with van der Waals surface area (Å²) in [5, 5.41) is 11.2. The molecule has 2 aromatic heterocycles. The molecule has 0 spiro atoms. The quantitative estimate of drug-likeness (QED) is 0.356. The lowest BCUT2D eigenvalue weighted by Gasteiger charge is -1.91. The predicted molar refractivity (Wildman–Crippen MR) is 60.3 cm³/mol. The second-order valence-electron chi connectivity index (χ2n) is 2.99. The number of nitro groups is 1. The number of halogens is 1. The Bertz CT molecular complexity index is 609. The second-order valence-corrected chi connectivity index (χ2v) is 3.25. The van der Waals surface area contributed by atoms with E-state index in [1.54, 1.807) is 12.3 Å². The molecule has 0 atom stereocenters. The van der Waals surface area contributed by atoms with Crippen LogP contribution in [0.1, 0.15) is 5.56 Å². The van der Waals surface area contributed by atoms with Crippen LogP contribution in [0.5, 0.6) is 0 Å². The highest BCUT2D eigenvalue weighted by molar-refractivity contribution is 6.19. The van der Waals surface area contributed by atoms with Crippen molar-refractivity contribution in [1.29, 1.82) is 0 Å². The molecule has 16 heavy (non-hydrogen) atoms. The fourth-order valence-electron chi connectivity index (χ4n) is 1.34. The van der Waals surface area contributed by atoms with Crippen LogP contribution < -0.4 is 0 Å². The summed E-state index contributed by atoms with van der Waals surface area (Å²) in [6.07, 6.45) is 2.86. The molecule has 0 aromatic carbocycles. The minimum atomic E-state index is -0.459. The van der Waals surface area contributed by atoms with E-state index in [1.165, 1.54) is 6.20 Å². The summed E-state index contributed by atoms with van der Waals surface area (Å²) in [6, 6.07) is 1.62. The summed E-state index contributed by atoms with van der Waals surface area (Å²) >= 11 is 5.42. The molecule has 0 unspecified atom stereocenters. The Balaban J connectivity index is 2.58. The van der Waals surface area contributed by atoms with Crippen LogP contribution in [-0.2, 0) is 0 Å². The van der Waals surface area contributed by atoms with E-state index in [1.807, 2.05) is 0 Å². The van der Waals surface area contributed by atoms with Crippen molar-refractivity contribution in [3.8, 4) is 11.8 Å². The summed E-state index contributed by atoms with van der Waals surface area (Å²) in [6.45, 7) is 0. The van der Waals surface area contributed by atoms with Crippen molar-refractivity contribution in [3.05, 3.63) is 34.1 Å². The average Bonchev–Trinajstić information content (AvgIpc) is 2.69. The first-order valence-corrected chi connectivity index (χ1v) is 4.92. The van der Waals surface area contributed by atoms with Gasteiger partial charge >= 0.3 is 0 Å². The predicted octanol–water partition coefficient (Wildman–Crippen LogP) is 2.06. The van der Waals surface area contributed by atoms with E-state index in [9.17, 15) is 10.1 Å². The molecule has 2 heterocycles. The molecule has 1 N–H and O–H groups in total. The molecule has 2 rings (SSSR count). The molecule has 0 aliphatic heterocycles. The number of alkyl halides is 1. The smallest absolute Gasteiger partial charge is 0.296 e. The molecule has 2 aromatic rings. The zero-order valence-electron chi connectivity index (χ0n) is 8.03. The normalized spacial score (nSPS) is 9.81. The fourth-order valence-corrected chi connectivity index (χ4v) is 1.41. The molecule has 80 valence electrons. The van der Waals surface area contributed by atoms with Crippen molar-refractivity contribution in [1.82, 2.24) is 9.97 Å². The molecular formula is C10H6ClN3O2. The molecule has 0 amide bonds. The number of pyridine rings is 1. The first-order valence-electron chi connectivity index (χ1n) is 4.38.